The van der Waals surface area contributed by atoms with Gasteiger partial charge in [0.25, 0.3) is 29.1 Å². The van der Waals surface area contributed by atoms with E-state index in [1.807, 2.05) is 25.3 Å². The summed E-state index contributed by atoms with van der Waals surface area (Å²) in [6.07, 6.45) is 8.58. The number of hydrogen-bond acceptors (Lipinski definition) is 0. The SMILES string of the molecule is CC(C)c1ccccc1C(C)(C)c1n(C(C)C)c2ccccc2[n+]1C.CC(C)c1ccccc1C(C)(C)c1n(C(C)C)c2ccccc2[n+]1C.CC(C)c1ccccc1C(C)(C)c1n(C(C)C)c2ccccc2[n+]1C(C)C.Cc1cccc(C)c1-n1cc[n+](C(C)C)c1C(C)(C)c1ccccc1C(C)C.[2H]C([2H])([2H])c1cccc(C)c1-n1cc[n+](C(C)C)c1C(C)(C)c1ccccc1C(C)C. The molecule has 0 N–H and O–H groups in total. The third-order valence-electron chi connectivity index (χ3n) is 28.1. The lowest BCUT2D eigenvalue weighted by Crippen LogP contribution is -2.46. The molecule has 0 atom stereocenters. The van der Waals surface area contributed by atoms with Gasteiger partial charge in [-0.3, -0.25) is 0 Å². The number of para-hydroxylation sites is 8. The molecule has 15 aromatic rings. The number of benzene rings is 10. The second-order valence-corrected chi connectivity index (χ2v) is 43.4. The Balaban J connectivity index is 0.000000164. The Morgan fingerprint density at radius 1 is 0.256 bits per heavy atom. The Bertz CT molecular complexity index is 6420. The van der Waals surface area contributed by atoms with Crippen molar-refractivity contribution in [3.63, 3.8) is 0 Å². The molecule has 704 valence electrons. The standard InChI is InChI=1S/2C26H35N2.C25H35N2.2C23H31N2/c2*1-18(2)22-14-9-10-15-23(22)26(7,8)25-27(19(3)4)16-17-28(25)24-20(5)12-11-13-21(24)6;1-17(2)20-13-9-10-14-21(20)25(7,8)24-26(18(3)4)22-15-11-12-16-23(22)27(24)19(5)6;2*1-16(2)18-12-8-9-13-19(18)23(5,6)22-24(7)20-14-10-11-15-21(20)25(22)17(3)4/h2*9-19H,1-8H3;9-19H,1-8H3;2*8-17H,1-7H3/q5*+1/i5D3;;;;. The molecule has 5 aromatic heterocycles. The number of rotatable bonds is 23. The van der Waals surface area contributed by atoms with E-state index in [2.05, 4.69) is 526 Å². The third kappa shape index (κ3) is 20.2. The van der Waals surface area contributed by atoms with Crippen LogP contribution in [0.4, 0.5) is 0 Å². The molecule has 0 saturated heterocycles. The summed E-state index contributed by atoms with van der Waals surface area (Å²) in [6, 6.07) is 85.0. The Morgan fingerprint density at radius 3 is 0.759 bits per heavy atom. The Labute approximate surface area is 807 Å². The molecule has 10 heteroatoms. The van der Waals surface area contributed by atoms with Gasteiger partial charge in [-0.1, -0.05) is 263 Å². The van der Waals surface area contributed by atoms with Crippen LogP contribution in [0, 0.1) is 27.6 Å². The Hall–Kier alpha value is -11.0. The van der Waals surface area contributed by atoms with E-state index in [0.29, 0.717) is 65.4 Å². The van der Waals surface area contributed by atoms with Crippen LogP contribution in [-0.4, -0.2) is 22.8 Å². The van der Waals surface area contributed by atoms with Crippen LogP contribution in [0.5, 0.6) is 0 Å². The van der Waals surface area contributed by atoms with Gasteiger partial charge in [0.1, 0.15) is 36.2 Å². The quantitative estimate of drug-likeness (QED) is 0.0573. The first-order chi connectivity index (χ1) is 63.7. The van der Waals surface area contributed by atoms with Gasteiger partial charge in [-0.15, -0.1) is 0 Å². The molecule has 5 heterocycles. The topological polar surface area (TPSA) is 44.0 Å². The van der Waals surface area contributed by atoms with Gasteiger partial charge in [-0.2, -0.15) is 9.13 Å². The molecule has 10 aromatic carbocycles. The molecule has 0 fully saturated rings. The van der Waals surface area contributed by atoms with Crippen molar-refractivity contribution >= 4 is 33.1 Å². The zero-order valence-electron chi connectivity index (χ0n) is 91.6. The first kappa shape index (κ1) is 98.0. The number of nitrogens with zero attached hydrogens (tertiary/aromatic N) is 10. The minimum atomic E-state index is -2.19. The van der Waals surface area contributed by atoms with Crippen molar-refractivity contribution in [2.75, 3.05) is 0 Å². The van der Waals surface area contributed by atoms with Crippen LogP contribution in [-0.2, 0) is 41.2 Å². The molecule has 133 heavy (non-hydrogen) atoms. The van der Waals surface area contributed by atoms with Crippen molar-refractivity contribution in [2.45, 2.75) is 342 Å². The van der Waals surface area contributed by atoms with Crippen LogP contribution in [0.3, 0.4) is 0 Å². The van der Waals surface area contributed by atoms with Crippen molar-refractivity contribution in [1.29, 1.82) is 0 Å². The van der Waals surface area contributed by atoms with Crippen molar-refractivity contribution in [3.05, 3.63) is 362 Å². The average Bonchev–Trinajstić information content (AvgIpc) is 1.32. The van der Waals surface area contributed by atoms with Gasteiger partial charge < -0.3 is 0 Å². The molecule has 0 unspecified atom stereocenters. The molecule has 0 aliphatic rings. The normalized spacial score (nSPS) is 12.9. The lowest BCUT2D eigenvalue weighted by atomic mass is 9.78. The largest absolute Gasteiger partial charge is 0.272 e. The van der Waals surface area contributed by atoms with E-state index in [-0.39, 0.29) is 33.1 Å². The smallest absolute Gasteiger partial charge is 0.231 e. The molecule has 0 spiro atoms. The molecule has 0 radical (unpaired) electrons. The van der Waals surface area contributed by atoms with Crippen LogP contribution in [0.2, 0.25) is 0 Å². The molecule has 15 rings (SSSR count). The molecule has 0 saturated carbocycles. The molecular weight excluding hydrogens is 1620 g/mol. The lowest BCUT2D eigenvalue weighted by Gasteiger charge is -2.28. The van der Waals surface area contributed by atoms with E-state index in [0.717, 1.165) is 17.1 Å². The fourth-order valence-electron chi connectivity index (χ4n) is 21.9. The number of fused-ring (bicyclic) bond motifs is 3. The third-order valence-corrected chi connectivity index (χ3v) is 28.1. The van der Waals surface area contributed by atoms with E-state index in [4.69, 9.17) is 4.11 Å². The molecule has 0 amide bonds. The highest BCUT2D eigenvalue weighted by Crippen LogP contribution is 2.45. The summed E-state index contributed by atoms with van der Waals surface area (Å²) in [4.78, 5) is 0. The number of imidazole rings is 5. The maximum absolute atomic E-state index is 8.15. The van der Waals surface area contributed by atoms with Crippen LogP contribution in [0.15, 0.2) is 255 Å². The van der Waals surface area contributed by atoms with Gasteiger partial charge in [0.05, 0.1) is 77.4 Å². The minimum absolute atomic E-state index is 0.0844. The predicted octanol–water partition coefficient (Wildman–Crippen LogP) is 30.4. The van der Waals surface area contributed by atoms with Crippen LogP contribution >= 0.6 is 0 Å². The molecule has 0 aliphatic carbocycles. The van der Waals surface area contributed by atoms with Crippen molar-refractivity contribution in [2.24, 2.45) is 14.1 Å². The zero-order valence-corrected chi connectivity index (χ0v) is 88.6. The van der Waals surface area contributed by atoms with Gasteiger partial charge in [-0.05, 0) is 324 Å². The summed E-state index contributed by atoms with van der Waals surface area (Å²) < 4.78 is 48.5. The number of aromatic nitrogens is 10. The van der Waals surface area contributed by atoms with E-state index >= 15 is 0 Å². The maximum Gasteiger partial charge on any atom is 0.272 e. The average molecular weight is 1790 g/mol. The summed E-state index contributed by atoms with van der Waals surface area (Å²) in [5.41, 5.74) is 27.1. The summed E-state index contributed by atoms with van der Waals surface area (Å²) in [5.74, 6) is 8.92. The second-order valence-electron chi connectivity index (χ2n) is 43.4. The van der Waals surface area contributed by atoms with Crippen molar-refractivity contribution in [1.82, 2.24) is 22.8 Å². The predicted molar refractivity (Wildman–Crippen MR) is 565 cm³/mol. The highest BCUT2D eigenvalue weighted by atomic mass is 15.2. The van der Waals surface area contributed by atoms with Crippen LogP contribution in [0.25, 0.3) is 44.5 Å². The highest BCUT2D eigenvalue weighted by molar-refractivity contribution is 5.75. The van der Waals surface area contributed by atoms with E-state index in [1.54, 1.807) is 6.07 Å². The first-order valence-electron chi connectivity index (χ1n) is 51.2. The summed E-state index contributed by atoms with van der Waals surface area (Å²) in [6.45, 7) is 77.6. The summed E-state index contributed by atoms with van der Waals surface area (Å²) >= 11 is 0. The van der Waals surface area contributed by atoms with Gasteiger partial charge >= 0.3 is 0 Å². The molecule has 0 bridgehead atoms. The summed E-state index contributed by atoms with van der Waals surface area (Å²) in [7, 11) is 4.41. The Kier molecular flexibility index (Phi) is 30.6. The fourth-order valence-corrected chi connectivity index (χ4v) is 21.9. The summed E-state index contributed by atoms with van der Waals surface area (Å²) in [5, 5.41) is 0. The van der Waals surface area contributed by atoms with E-state index < -0.39 is 6.85 Å². The molecular formula is C123H167N10+5. The highest BCUT2D eigenvalue weighted by Gasteiger charge is 2.47. The maximum atomic E-state index is 8.15. The zero-order chi connectivity index (χ0) is 100. The van der Waals surface area contributed by atoms with Crippen molar-refractivity contribution in [3.8, 4) is 11.4 Å². The number of aryl methyl sites for hydroxylation is 6. The monoisotopic (exact) mass is 1790 g/mol. The second kappa shape index (κ2) is 41.5. The first-order valence-corrected chi connectivity index (χ1v) is 49.7. The van der Waals surface area contributed by atoms with E-state index in [9.17, 15) is 0 Å². The van der Waals surface area contributed by atoms with Gasteiger partial charge in [-0.25, -0.2) is 36.5 Å². The van der Waals surface area contributed by atoms with Gasteiger partial charge in [0, 0.05) is 4.11 Å². The lowest BCUT2D eigenvalue weighted by molar-refractivity contribution is -0.725. The Morgan fingerprint density at radius 2 is 0.489 bits per heavy atom. The van der Waals surface area contributed by atoms with Crippen LogP contribution < -0.4 is 22.8 Å². The van der Waals surface area contributed by atoms with Crippen molar-refractivity contribution < 1.29 is 26.9 Å². The minimum Gasteiger partial charge on any atom is -0.231 e. The van der Waals surface area contributed by atoms with Crippen LogP contribution in [0.1, 0.15) is 399 Å². The molecule has 0 aliphatic heterocycles. The number of hydrogen-bond donors (Lipinski definition) is 0. The fraction of sp³-hybridized carbons (Fsp3) is 0.439. The molecule has 10 nitrogen and oxygen atoms in total. The van der Waals surface area contributed by atoms with Gasteiger partial charge in [0.15, 0.2) is 33.1 Å². The van der Waals surface area contributed by atoms with E-state index in [1.165, 1.54) is 129 Å². The van der Waals surface area contributed by atoms with Gasteiger partial charge in [0.2, 0.25) is 0 Å².